The first kappa shape index (κ1) is 36.5. The lowest BCUT2D eigenvalue weighted by Crippen LogP contribution is -2.11. The van der Waals surface area contributed by atoms with Gasteiger partial charge in [0, 0.05) is 33.1 Å². The van der Waals surface area contributed by atoms with Gasteiger partial charge >= 0.3 is 0 Å². The Morgan fingerprint density at radius 2 is 0.857 bits per heavy atom. The first-order valence-corrected chi connectivity index (χ1v) is 21.5. The maximum atomic E-state index is 6.46. The van der Waals surface area contributed by atoms with Gasteiger partial charge in [-0.3, -0.25) is 0 Å². The summed E-state index contributed by atoms with van der Waals surface area (Å²) in [6.45, 7) is 0. The Balaban J connectivity index is 0.975. The molecule has 2 aromatic heterocycles. The lowest BCUT2D eigenvalue weighted by atomic mass is 9.95. The van der Waals surface area contributed by atoms with E-state index in [1.54, 1.807) is 0 Å². The van der Waals surface area contributed by atoms with Crippen LogP contribution in [0.25, 0.3) is 93.9 Å². The lowest BCUT2D eigenvalue weighted by Gasteiger charge is -2.29. The van der Waals surface area contributed by atoms with Gasteiger partial charge in [-0.1, -0.05) is 176 Å². The van der Waals surface area contributed by atoms with Crippen LogP contribution in [0.5, 0.6) is 0 Å². The van der Waals surface area contributed by atoms with Crippen LogP contribution in [0.1, 0.15) is 0 Å². The van der Waals surface area contributed by atoms with Crippen LogP contribution in [0.15, 0.2) is 247 Å². The highest BCUT2D eigenvalue weighted by Gasteiger charge is 2.23. The smallest absolute Gasteiger partial charge is 0.137 e. The highest BCUT2D eigenvalue weighted by molar-refractivity contribution is 6.16. The fourth-order valence-corrected chi connectivity index (χ4v) is 9.50. The van der Waals surface area contributed by atoms with Crippen molar-refractivity contribution in [2.45, 2.75) is 0 Å². The van der Waals surface area contributed by atoms with Crippen molar-refractivity contribution in [3.05, 3.63) is 243 Å². The molecule has 0 saturated heterocycles. The third-order valence-electron chi connectivity index (χ3n) is 12.4. The van der Waals surface area contributed by atoms with Crippen LogP contribution < -0.4 is 4.90 Å². The number of hydrogen-bond donors (Lipinski definition) is 0. The molecule has 10 aromatic carbocycles. The fourth-order valence-electron chi connectivity index (χ4n) is 9.50. The molecule has 3 heteroatoms. The molecule has 12 aromatic rings. The third-order valence-corrected chi connectivity index (χ3v) is 12.4. The molecule has 0 saturated carbocycles. The van der Waals surface area contributed by atoms with Crippen molar-refractivity contribution < 1.29 is 4.42 Å². The van der Waals surface area contributed by atoms with Crippen LogP contribution in [-0.4, -0.2) is 4.57 Å². The number of anilines is 3. The Morgan fingerprint density at radius 3 is 1.62 bits per heavy atom. The topological polar surface area (TPSA) is 21.3 Å². The third kappa shape index (κ3) is 6.29. The Bertz CT molecular complexity index is 3590. The van der Waals surface area contributed by atoms with Crippen LogP contribution in [-0.2, 0) is 0 Å². The fraction of sp³-hybridized carbons (Fsp3) is 0. The molecule has 0 fully saturated rings. The number of hydrogen-bond acceptors (Lipinski definition) is 2. The van der Waals surface area contributed by atoms with Crippen molar-refractivity contribution in [3.8, 4) is 50.2 Å². The average Bonchev–Trinajstić information content (AvgIpc) is 3.92. The molecule has 0 spiro atoms. The SMILES string of the molecule is c1ccc(-c2ccc(N(c3ccc(-c4ccc(-c5cccc6c5c5ccccc5n6-c5ccccc5)cc4)cc3)c3cccc4oc5ccccc5c34)c(-c3ccccc3)c2)cc1. The van der Waals surface area contributed by atoms with Gasteiger partial charge in [0.15, 0.2) is 0 Å². The van der Waals surface area contributed by atoms with E-state index in [4.69, 9.17) is 4.42 Å². The molecule has 0 aliphatic rings. The van der Waals surface area contributed by atoms with Crippen molar-refractivity contribution in [3.63, 3.8) is 0 Å². The maximum absolute atomic E-state index is 6.46. The Morgan fingerprint density at radius 1 is 0.317 bits per heavy atom. The monoisotopic (exact) mass is 804 g/mol. The van der Waals surface area contributed by atoms with E-state index in [2.05, 4.69) is 246 Å². The molecule has 12 rings (SSSR count). The van der Waals surface area contributed by atoms with E-state index < -0.39 is 0 Å². The van der Waals surface area contributed by atoms with Crippen molar-refractivity contribution >= 4 is 60.8 Å². The molecular formula is C60H40N2O. The van der Waals surface area contributed by atoms with Crippen LogP contribution in [0.3, 0.4) is 0 Å². The van der Waals surface area contributed by atoms with Crippen LogP contribution in [0, 0.1) is 0 Å². The number of fused-ring (bicyclic) bond motifs is 6. The van der Waals surface area contributed by atoms with E-state index >= 15 is 0 Å². The molecule has 2 heterocycles. The van der Waals surface area contributed by atoms with Gasteiger partial charge in [0.2, 0.25) is 0 Å². The zero-order chi connectivity index (χ0) is 41.7. The van der Waals surface area contributed by atoms with Gasteiger partial charge in [0.1, 0.15) is 11.2 Å². The maximum Gasteiger partial charge on any atom is 0.137 e. The molecular weight excluding hydrogens is 765 g/mol. The summed E-state index contributed by atoms with van der Waals surface area (Å²) < 4.78 is 8.84. The van der Waals surface area contributed by atoms with Crippen molar-refractivity contribution in [2.75, 3.05) is 4.90 Å². The Labute approximate surface area is 366 Å². The molecule has 0 amide bonds. The average molecular weight is 805 g/mol. The van der Waals surface area contributed by atoms with Gasteiger partial charge in [-0.05, 0) is 106 Å². The number of rotatable bonds is 8. The van der Waals surface area contributed by atoms with Crippen LogP contribution in [0.4, 0.5) is 17.1 Å². The molecule has 0 bridgehead atoms. The Hall–Kier alpha value is -8.40. The normalized spacial score (nSPS) is 11.5. The summed E-state index contributed by atoms with van der Waals surface area (Å²) in [4.78, 5) is 2.40. The molecule has 0 aliphatic heterocycles. The number of para-hydroxylation sites is 3. The van der Waals surface area contributed by atoms with Crippen molar-refractivity contribution in [1.82, 2.24) is 4.57 Å². The first-order chi connectivity index (χ1) is 31.3. The summed E-state index contributed by atoms with van der Waals surface area (Å²) >= 11 is 0. The zero-order valence-corrected chi connectivity index (χ0v) is 34.4. The number of benzene rings is 10. The highest BCUT2D eigenvalue weighted by atomic mass is 16.3. The highest BCUT2D eigenvalue weighted by Crippen LogP contribution is 2.47. The zero-order valence-electron chi connectivity index (χ0n) is 34.4. The summed E-state index contributed by atoms with van der Waals surface area (Å²) in [7, 11) is 0. The van der Waals surface area contributed by atoms with Crippen LogP contribution >= 0.6 is 0 Å². The minimum atomic E-state index is 0.859. The van der Waals surface area contributed by atoms with Gasteiger partial charge < -0.3 is 13.9 Å². The molecule has 0 radical (unpaired) electrons. The van der Waals surface area contributed by atoms with E-state index in [1.807, 2.05) is 6.07 Å². The predicted molar refractivity (Wildman–Crippen MR) is 264 cm³/mol. The van der Waals surface area contributed by atoms with Crippen molar-refractivity contribution in [1.29, 1.82) is 0 Å². The lowest BCUT2D eigenvalue weighted by molar-refractivity contribution is 0.669. The van der Waals surface area contributed by atoms with Gasteiger partial charge in [-0.25, -0.2) is 0 Å². The van der Waals surface area contributed by atoms with Gasteiger partial charge in [0.25, 0.3) is 0 Å². The quantitative estimate of drug-likeness (QED) is 0.153. The number of furan rings is 1. The molecule has 0 atom stereocenters. The van der Waals surface area contributed by atoms with E-state index in [1.165, 1.54) is 44.1 Å². The Kier molecular flexibility index (Phi) is 8.83. The summed E-state index contributed by atoms with van der Waals surface area (Å²) in [6.07, 6.45) is 0. The second-order valence-corrected chi connectivity index (χ2v) is 16.1. The predicted octanol–water partition coefficient (Wildman–Crippen LogP) is 16.8. The molecule has 296 valence electrons. The summed E-state index contributed by atoms with van der Waals surface area (Å²) in [6, 6.07) is 87.0. The molecule has 0 aliphatic carbocycles. The van der Waals surface area contributed by atoms with Crippen molar-refractivity contribution in [2.24, 2.45) is 0 Å². The molecule has 63 heavy (non-hydrogen) atoms. The first-order valence-electron chi connectivity index (χ1n) is 21.5. The largest absolute Gasteiger partial charge is 0.456 e. The van der Waals surface area contributed by atoms with E-state index in [0.717, 1.165) is 66.9 Å². The summed E-state index contributed by atoms with van der Waals surface area (Å²) in [5, 5.41) is 4.69. The van der Waals surface area contributed by atoms with Crippen LogP contribution in [0.2, 0.25) is 0 Å². The molecule has 3 nitrogen and oxygen atoms in total. The minimum Gasteiger partial charge on any atom is -0.456 e. The molecule has 0 unspecified atom stereocenters. The summed E-state index contributed by atoms with van der Waals surface area (Å²) in [5.74, 6) is 0. The van der Waals surface area contributed by atoms with Gasteiger partial charge in [0.05, 0.1) is 27.8 Å². The van der Waals surface area contributed by atoms with E-state index in [-0.39, 0.29) is 0 Å². The molecule has 0 N–H and O–H groups in total. The van der Waals surface area contributed by atoms with E-state index in [9.17, 15) is 0 Å². The second kappa shape index (κ2) is 15.3. The second-order valence-electron chi connectivity index (χ2n) is 16.1. The number of aromatic nitrogens is 1. The van der Waals surface area contributed by atoms with Gasteiger partial charge in [-0.2, -0.15) is 0 Å². The van der Waals surface area contributed by atoms with E-state index in [0.29, 0.717) is 0 Å². The summed E-state index contributed by atoms with van der Waals surface area (Å²) in [5.41, 5.74) is 17.9. The number of nitrogens with zero attached hydrogens (tertiary/aromatic N) is 2. The van der Waals surface area contributed by atoms with Gasteiger partial charge in [-0.15, -0.1) is 0 Å². The minimum absolute atomic E-state index is 0.859. The standard InChI is InChI=1S/C60H40N2O/c1-4-16-41(17-5-1)46-36-39-54(52(40-46)44-18-6-2-7-19-44)62(56-27-15-29-58-60(56)51-23-11-13-28-57(51)63-58)48-37-34-43(35-38-48)42-30-32-45(33-31-42)49-24-14-26-55-59(49)50-22-10-12-25-53(50)61(55)47-20-8-3-9-21-47/h1-40H.